The van der Waals surface area contributed by atoms with E-state index in [0.29, 0.717) is 45.0 Å². The summed E-state index contributed by atoms with van der Waals surface area (Å²) in [4.78, 5) is 13.8. The first-order valence-electron chi connectivity index (χ1n) is 12.3. The smallest absolute Gasteiger partial charge is 0.305 e. The molecule has 3 aromatic rings. The standard InChI is InChI=1S/C28H37N3O5/c1-5-10-26(33)35-20-23(32)18-31(15-16-34-4)19-25-27(22-12-7-6-8-13-22)29-30(3)28(25)36-24-14-9-11-21(2)17-24/h6-9,11-14,17,23,32H,5,10,15-16,18-20H2,1-4H3. The number of aliphatic hydroxyl groups is 1. The normalized spacial score (nSPS) is 12.1. The first-order valence-corrected chi connectivity index (χ1v) is 12.3. The molecule has 2 aromatic carbocycles. The summed E-state index contributed by atoms with van der Waals surface area (Å²) in [5.41, 5.74) is 3.79. The molecular weight excluding hydrogens is 458 g/mol. The van der Waals surface area contributed by atoms with Crippen LogP contribution in [-0.2, 0) is 27.9 Å². The highest BCUT2D eigenvalue weighted by molar-refractivity contribution is 5.69. The Morgan fingerprint density at radius 1 is 1.17 bits per heavy atom. The quantitative estimate of drug-likeness (QED) is 0.333. The molecule has 1 N–H and O–H groups in total. The van der Waals surface area contributed by atoms with E-state index in [1.807, 2.05) is 75.5 Å². The van der Waals surface area contributed by atoms with E-state index < -0.39 is 6.10 Å². The van der Waals surface area contributed by atoms with Crippen LogP contribution in [0.3, 0.4) is 0 Å². The molecule has 3 rings (SSSR count). The Hall–Kier alpha value is -3.20. The maximum absolute atomic E-state index is 11.7. The van der Waals surface area contributed by atoms with Crippen LogP contribution in [0, 0.1) is 6.92 Å². The van der Waals surface area contributed by atoms with Gasteiger partial charge in [0.05, 0.1) is 12.2 Å². The van der Waals surface area contributed by atoms with Gasteiger partial charge in [-0.2, -0.15) is 5.10 Å². The number of hydrogen-bond acceptors (Lipinski definition) is 7. The van der Waals surface area contributed by atoms with Crippen molar-refractivity contribution in [3.8, 4) is 22.9 Å². The lowest BCUT2D eigenvalue weighted by Crippen LogP contribution is -2.37. The van der Waals surface area contributed by atoms with Crippen LogP contribution in [0.25, 0.3) is 11.3 Å². The van der Waals surface area contributed by atoms with Crippen LogP contribution >= 0.6 is 0 Å². The number of benzene rings is 2. The largest absolute Gasteiger partial charge is 0.463 e. The Bertz CT molecular complexity index is 1100. The van der Waals surface area contributed by atoms with Crippen molar-refractivity contribution in [3.05, 3.63) is 65.7 Å². The van der Waals surface area contributed by atoms with E-state index in [0.717, 1.165) is 28.1 Å². The molecular formula is C28H37N3O5. The third-order valence-electron chi connectivity index (χ3n) is 5.69. The van der Waals surface area contributed by atoms with E-state index in [4.69, 9.17) is 19.3 Å². The number of ether oxygens (including phenoxy) is 3. The maximum atomic E-state index is 11.7. The van der Waals surface area contributed by atoms with Gasteiger partial charge in [0.1, 0.15) is 24.2 Å². The number of carbonyl (C=O) groups is 1. The van der Waals surface area contributed by atoms with Crippen molar-refractivity contribution < 1.29 is 24.1 Å². The average Bonchev–Trinajstić information content (AvgIpc) is 3.16. The molecule has 36 heavy (non-hydrogen) atoms. The van der Waals surface area contributed by atoms with Gasteiger partial charge in [-0.3, -0.25) is 9.69 Å². The van der Waals surface area contributed by atoms with Crippen LogP contribution in [0.1, 0.15) is 30.9 Å². The van der Waals surface area contributed by atoms with Gasteiger partial charge >= 0.3 is 5.97 Å². The predicted molar refractivity (Wildman–Crippen MR) is 139 cm³/mol. The van der Waals surface area contributed by atoms with Gasteiger partial charge in [0.15, 0.2) is 0 Å². The molecule has 0 spiro atoms. The molecule has 0 radical (unpaired) electrons. The fraction of sp³-hybridized carbons (Fsp3) is 0.429. The number of methoxy groups -OCH3 is 1. The van der Waals surface area contributed by atoms with Crippen molar-refractivity contribution in [3.63, 3.8) is 0 Å². The third kappa shape index (κ3) is 7.91. The van der Waals surface area contributed by atoms with Crippen LogP contribution in [0.15, 0.2) is 54.6 Å². The van der Waals surface area contributed by atoms with Gasteiger partial charge in [-0.1, -0.05) is 49.4 Å². The molecule has 0 saturated carbocycles. The minimum absolute atomic E-state index is 0.0481. The number of aliphatic hydroxyl groups excluding tert-OH is 1. The Kier molecular flexibility index (Phi) is 10.5. The number of aryl methyl sites for hydroxylation is 2. The minimum Gasteiger partial charge on any atom is -0.463 e. The van der Waals surface area contributed by atoms with Crippen molar-refractivity contribution in [2.24, 2.45) is 7.05 Å². The highest BCUT2D eigenvalue weighted by Crippen LogP contribution is 2.34. The highest BCUT2D eigenvalue weighted by atomic mass is 16.5. The van der Waals surface area contributed by atoms with Gasteiger partial charge in [0.2, 0.25) is 5.88 Å². The van der Waals surface area contributed by atoms with Gasteiger partial charge in [-0.25, -0.2) is 4.68 Å². The zero-order valence-electron chi connectivity index (χ0n) is 21.6. The minimum atomic E-state index is -0.833. The number of rotatable bonds is 14. The molecule has 1 unspecified atom stereocenters. The zero-order chi connectivity index (χ0) is 25.9. The molecule has 0 bridgehead atoms. The van der Waals surface area contributed by atoms with Crippen LogP contribution in [0.5, 0.6) is 11.6 Å². The summed E-state index contributed by atoms with van der Waals surface area (Å²) >= 11 is 0. The Morgan fingerprint density at radius 2 is 1.94 bits per heavy atom. The topological polar surface area (TPSA) is 86.0 Å². The van der Waals surface area contributed by atoms with E-state index in [1.165, 1.54) is 0 Å². The summed E-state index contributed by atoms with van der Waals surface area (Å²) in [5, 5.41) is 15.4. The predicted octanol–water partition coefficient (Wildman–Crippen LogP) is 4.34. The molecule has 1 atom stereocenters. The molecule has 0 aliphatic carbocycles. The van der Waals surface area contributed by atoms with E-state index in [9.17, 15) is 9.90 Å². The van der Waals surface area contributed by atoms with E-state index in [2.05, 4.69) is 4.90 Å². The van der Waals surface area contributed by atoms with Crippen LogP contribution in [0.4, 0.5) is 0 Å². The maximum Gasteiger partial charge on any atom is 0.305 e. The van der Waals surface area contributed by atoms with Crippen LogP contribution < -0.4 is 4.74 Å². The molecule has 0 aliphatic heterocycles. The van der Waals surface area contributed by atoms with Crippen molar-refractivity contribution >= 4 is 5.97 Å². The summed E-state index contributed by atoms with van der Waals surface area (Å²) in [7, 11) is 3.51. The molecule has 0 saturated heterocycles. The number of carbonyl (C=O) groups excluding carboxylic acids is 1. The summed E-state index contributed by atoms with van der Waals surface area (Å²) < 4.78 is 18.6. The molecule has 194 valence electrons. The van der Waals surface area contributed by atoms with E-state index in [1.54, 1.807) is 11.8 Å². The van der Waals surface area contributed by atoms with E-state index in [-0.39, 0.29) is 12.6 Å². The molecule has 0 fully saturated rings. The second-order valence-corrected chi connectivity index (χ2v) is 8.86. The summed E-state index contributed by atoms with van der Waals surface area (Å²) in [5.74, 6) is 1.06. The van der Waals surface area contributed by atoms with Crippen molar-refractivity contribution in [1.82, 2.24) is 14.7 Å². The van der Waals surface area contributed by atoms with Crippen LogP contribution in [-0.4, -0.2) is 65.3 Å². The van der Waals surface area contributed by atoms with Crippen molar-refractivity contribution in [2.45, 2.75) is 39.3 Å². The molecule has 8 heteroatoms. The SMILES string of the molecule is CCCC(=O)OCC(O)CN(CCOC)Cc1c(-c2ccccc2)nn(C)c1Oc1cccc(C)c1. The molecule has 0 aliphatic rings. The zero-order valence-corrected chi connectivity index (χ0v) is 21.6. The average molecular weight is 496 g/mol. The lowest BCUT2D eigenvalue weighted by Gasteiger charge is -2.25. The first-order chi connectivity index (χ1) is 17.4. The lowest BCUT2D eigenvalue weighted by molar-refractivity contribution is -0.147. The molecule has 1 aromatic heterocycles. The fourth-order valence-corrected chi connectivity index (χ4v) is 3.94. The number of aromatic nitrogens is 2. The van der Waals surface area contributed by atoms with Gasteiger partial charge in [-0.05, 0) is 31.0 Å². The van der Waals surface area contributed by atoms with Crippen molar-refractivity contribution in [2.75, 3.05) is 33.4 Å². The first kappa shape index (κ1) is 27.4. The van der Waals surface area contributed by atoms with Gasteiger partial charge in [0, 0.05) is 45.8 Å². The summed E-state index contributed by atoms with van der Waals surface area (Å²) in [6.45, 7) is 5.71. The monoisotopic (exact) mass is 495 g/mol. The van der Waals surface area contributed by atoms with Gasteiger partial charge in [-0.15, -0.1) is 0 Å². The second-order valence-electron chi connectivity index (χ2n) is 8.86. The third-order valence-corrected chi connectivity index (χ3v) is 5.69. The fourth-order valence-electron chi connectivity index (χ4n) is 3.94. The lowest BCUT2D eigenvalue weighted by atomic mass is 10.1. The van der Waals surface area contributed by atoms with Crippen LogP contribution in [0.2, 0.25) is 0 Å². The van der Waals surface area contributed by atoms with E-state index >= 15 is 0 Å². The highest BCUT2D eigenvalue weighted by Gasteiger charge is 2.24. The number of nitrogens with zero attached hydrogens (tertiary/aromatic N) is 3. The number of hydrogen-bond donors (Lipinski definition) is 1. The molecule has 0 amide bonds. The van der Waals surface area contributed by atoms with Gasteiger partial charge < -0.3 is 19.3 Å². The Morgan fingerprint density at radius 3 is 2.64 bits per heavy atom. The van der Waals surface area contributed by atoms with Gasteiger partial charge in [0.25, 0.3) is 0 Å². The second kappa shape index (κ2) is 13.8. The summed E-state index contributed by atoms with van der Waals surface area (Å²) in [6, 6.07) is 17.8. The van der Waals surface area contributed by atoms with Crippen molar-refractivity contribution in [1.29, 1.82) is 0 Å². The number of esters is 1. The Balaban J connectivity index is 1.89. The molecule has 1 heterocycles. The molecule has 8 nitrogen and oxygen atoms in total. The summed E-state index contributed by atoms with van der Waals surface area (Å²) in [6.07, 6.45) is 0.221. The Labute approximate surface area is 213 Å².